The van der Waals surface area contributed by atoms with Crippen molar-refractivity contribution in [1.82, 2.24) is 4.98 Å². The van der Waals surface area contributed by atoms with E-state index >= 15 is 0 Å². The minimum absolute atomic E-state index is 0.163. The lowest BCUT2D eigenvalue weighted by Gasteiger charge is -2.05. The van der Waals surface area contributed by atoms with Crippen LogP contribution < -0.4 is 0 Å². The molecule has 0 saturated heterocycles. The summed E-state index contributed by atoms with van der Waals surface area (Å²) in [6.45, 7) is 0. The average Bonchev–Trinajstić information content (AvgIpc) is 2.26. The molecule has 0 bridgehead atoms. The Bertz CT molecular complexity index is 543. The van der Waals surface area contributed by atoms with Crippen molar-refractivity contribution < 1.29 is 4.39 Å². The molecule has 82 valence electrons. The van der Waals surface area contributed by atoms with Gasteiger partial charge in [-0.05, 0) is 23.8 Å². The van der Waals surface area contributed by atoms with E-state index in [1.165, 1.54) is 12.3 Å². The van der Waals surface area contributed by atoms with Crippen LogP contribution in [0.5, 0.6) is 0 Å². The molecule has 1 aromatic carbocycles. The number of hydrogen-bond acceptors (Lipinski definition) is 1. The first-order chi connectivity index (χ1) is 7.59. The van der Waals surface area contributed by atoms with Gasteiger partial charge in [0.25, 0.3) is 0 Å². The number of hydrogen-bond donors (Lipinski definition) is 0. The summed E-state index contributed by atoms with van der Waals surface area (Å²) in [5, 5.41) is 0.626. The van der Waals surface area contributed by atoms with Gasteiger partial charge in [-0.15, -0.1) is 0 Å². The van der Waals surface area contributed by atoms with Crippen molar-refractivity contribution in [1.29, 1.82) is 0 Å². The van der Waals surface area contributed by atoms with Crippen molar-refractivity contribution in [3.63, 3.8) is 0 Å². The quantitative estimate of drug-likeness (QED) is 0.679. The Kier molecular flexibility index (Phi) is 3.33. The molecule has 0 saturated carbocycles. The van der Waals surface area contributed by atoms with Gasteiger partial charge in [0.15, 0.2) is 11.0 Å². The minimum Gasteiger partial charge on any atom is -0.242 e. The minimum atomic E-state index is -0.567. The van der Waals surface area contributed by atoms with Crippen LogP contribution in [0, 0.1) is 5.82 Å². The van der Waals surface area contributed by atoms with Crippen LogP contribution >= 0.6 is 34.8 Å². The van der Waals surface area contributed by atoms with Crippen LogP contribution in [0.4, 0.5) is 4.39 Å². The second kappa shape index (κ2) is 4.58. The summed E-state index contributed by atoms with van der Waals surface area (Å²) in [6, 6.07) is 6.38. The van der Waals surface area contributed by atoms with Crippen molar-refractivity contribution in [2.75, 3.05) is 0 Å². The highest BCUT2D eigenvalue weighted by Crippen LogP contribution is 2.31. The van der Waals surface area contributed by atoms with E-state index < -0.39 is 5.82 Å². The third-order valence-corrected chi connectivity index (χ3v) is 3.08. The fraction of sp³-hybridized carbons (Fsp3) is 0. The number of aromatic nitrogens is 1. The van der Waals surface area contributed by atoms with E-state index in [-0.39, 0.29) is 5.15 Å². The molecule has 0 N–H and O–H groups in total. The number of pyridine rings is 1. The Morgan fingerprint density at radius 2 is 1.75 bits per heavy atom. The van der Waals surface area contributed by atoms with Crippen LogP contribution in [0.3, 0.4) is 0 Å². The lowest BCUT2D eigenvalue weighted by Crippen LogP contribution is -1.88. The van der Waals surface area contributed by atoms with Crippen LogP contribution in [0.2, 0.25) is 15.2 Å². The van der Waals surface area contributed by atoms with Crippen molar-refractivity contribution in [3.8, 4) is 11.1 Å². The number of nitrogens with zero attached hydrogens (tertiary/aromatic N) is 1. The molecule has 1 heterocycles. The van der Waals surface area contributed by atoms with Gasteiger partial charge in [0.1, 0.15) is 0 Å². The van der Waals surface area contributed by atoms with E-state index in [0.29, 0.717) is 21.2 Å². The maximum atomic E-state index is 13.6. The summed E-state index contributed by atoms with van der Waals surface area (Å²) in [4.78, 5) is 3.64. The fourth-order valence-corrected chi connectivity index (χ4v) is 1.76. The standard InChI is InChI=1S/C11H5Cl3FN/c12-8-2-1-6(5-9(8)13)7-3-4-16-11(14)10(7)15/h1-5H. The molecule has 0 aliphatic carbocycles. The van der Waals surface area contributed by atoms with Crippen LogP contribution in [-0.2, 0) is 0 Å². The first-order valence-corrected chi connectivity index (χ1v) is 5.48. The first-order valence-electron chi connectivity index (χ1n) is 4.35. The van der Waals surface area contributed by atoms with E-state index in [2.05, 4.69) is 4.98 Å². The molecule has 2 rings (SSSR count). The number of halogens is 4. The molecular weight excluding hydrogens is 271 g/mol. The molecule has 16 heavy (non-hydrogen) atoms. The number of rotatable bonds is 1. The maximum absolute atomic E-state index is 13.6. The molecule has 2 aromatic rings. The van der Waals surface area contributed by atoms with Gasteiger partial charge in [-0.1, -0.05) is 40.9 Å². The normalized spacial score (nSPS) is 10.5. The Morgan fingerprint density at radius 3 is 2.44 bits per heavy atom. The Hall–Kier alpha value is -0.830. The monoisotopic (exact) mass is 275 g/mol. The number of benzene rings is 1. The smallest absolute Gasteiger partial charge is 0.168 e. The second-order valence-electron chi connectivity index (χ2n) is 3.09. The van der Waals surface area contributed by atoms with Gasteiger partial charge < -0.3 is 0 Å². The summed E-state index contributed by atoms with van der Waals surface area (Å²) in [5.41, 5.74) is 0.953. The molecule has 0 atom stereocenters. The lowest BCUT2D eigenvalue weighted by molar-refractivity contribution is 0.625. The van der Waals surface area contributed by atoms with Gasteiger partial charge in [-0.3, -0.25) is 0 Å². The van der Waals surface area contributed by atoms with Crippen molar-refractivity contribution in [2.45, 2.75) is 0 Å². The van der Waals surface area contributed by atoms with Gasteiger partial charge in [-0.25, -0.2) is 9.37 Å². The zero-order valence-corrected chi connectivity index (χ0v) is 10.1. The highest BCUT2D eigenvalue weighted by Gasteiger charge is 2.10. The topological polar surface area (TPSA) is 12.9 Å². The predicted octanol–water partition coefficient (Wildman–Crippen LogP) is 4.85. The van der Waals surface area contributed by atoms with Gasteiger partial charge in [0.05, 0.1) is 10.0 Å². The maximum Gasteiger partial charge on any atom is 0.168 e. The summed E-state index contributed by atoms with van der Waals surface area (Å²) in [7, 11) is 0. The zero-order valence-electron chi connectivity index (χ0n) is 7.85. The zero-order chi connectivity index (χ0) is 11.7. The molecule has 0 amide bonds. The molecule has 0 spiro atoms. The van der Waals surface area contributed by atoms with Gasteiger partial charge in [0, 0.05) is 11.8 Å². The summed E-state index contributed by atoms with van der Waals surface area (Å²) >= 11 is 17.2. The van der Waals surface area contributed by atoms with Crippen LogP contribution in [0.1, 0.15) is 0 Å². The van der Waals surface area contributed by atoms with E-state index in [1.54, 1.807) is 18.2 Å². The molecule has 5 heteroatoms. The summed E-state index contributed by atoms with van der Waals surface area (Å²) in [5.74, 6) is -0.567. The van der Waals surface area contributed by atoms with Crippen LogP contribution in [0.15, 0.2) is 30.5 Å². The molecule has 0 fully saturated rings. The van der Waals surface area contributed by atoms with E-state index in [9.17, 15) is 4.39 Å². The highest BCUT2D eigenvalue weighted by molar-refractivity contribution is 6.42. The fourth-order valence-electron chi connectivity index (χ4n) is 1.30. The Balaban J connectivity index is 2.59. The largest absolute Gasteiger partial charge is 0.242 e. The predicted molar refractivity (Wildman–Crippen MR) is 64.7 cm³/mol. The second-order valence-corrected chi connectivity index (χ2v) is 4.26. The van der Waals surface area contributed by atoms with Crippen molar-refractivity contribution >= 4 is 34.8 Å². The van der Waals surface area contributed by atoms with Gasteiger partial charge in [-0.2, -0.15) is 0 Å². The molecular formula is C11H5Cl3FN. The van der Waals surface area contributed by atoms with Crippen LogP contribution in [-0.4, -0.2) is 4.98 Å². The average molecular weight is 277 g/mol. The molecule has 1 nitrogen and oxygen atoms in total. The summed E-state index contributed by atoms with van der Waals surface area (Å²) in [6.07, 6.45) is 1.43. The van der Waals surface area contributed by atoms with Crippen LogP contribution in [0.25, 0.3) is 11.1 Å². The van der Waals surface area contributed by atoms with E-state index in [0.717, 1.165) is 0 Å². The van der Waals surface area contributed by atoms with E-state index in [1.807, 2.05) is 0 Å². The Morgan fingerprint density at radius 1 is 1.00 bits per heavy atom. The third-order valence-electron chi connectivity index (χ3n) is 2.08. The van der Waals surface area contributed by atoms with Crippen molar-refractivity contribution in [2.24, 2.45) is 0 Å². The molecule has 1 aromatic heterocycles. The highest BCUT2D eigenvalue weighted by atomic mass is 35.5. The third kappa shape index (κ3) is 2.14. The summed E-state index contributed by atoms with van der Waals surface area (Å²) < 4.78 is 13.6. The van der Waals surface area contributed by atoms with Gasteiger partial charge in [0.2, 0.25) is 0 Å². The SMILES string of the molecule is Fc1c(-c2ccc(Cl)c(Cl)c2)ccnc1Cl. The molecule has 0 aliphatic rings. The molecule has 0 aliphatic heterocycles. The van der Waals surface area contributed by atoms with Crippen molar-refractivity contribution in [3.05, 3.63) is 51.5 Å². The first kappa shape index (κ1) is 11.6. The lowest BCUT2D eigenvalue weighted by atomic mass is 10.1. The molecule has 0 radical (unpaired) electrons. The molecule has 0 unspecified atom stereocenters. The Labute approximate surface area is 107 Å². The van der Waals surface area contributed by atoms with Gasteiger partial charge >= 0.3 is 0 Å². The van der Waals surface area contributed by atoms with E-state index in [4.69, 9.17) is 34.8 Å².